The molecule has 3 aromatic heterocycles. The monoisotopic (exact) mass is 539 g/mol. The third kappa shape index (κ3) is 5.23. The van der Waals surface area contributed by atoms with Crippen molar-refractivity contribution in [1.29, 1.82) is 0 Å². The van der Waals surface area contributed by atoms with Crippen LogP contribution in [0, 0.1) is 12.7 Å². The number of benzene rings is 2. The molecule has 37 heavy (non-hydrogen) atoms. The van der Waals surface area contributed by atoms with Gasteiger partial charge in [0, 0.05) is 17.8 Å². The van der Waals surface area contributed by atoms with Gasteiger partial charge >= 0.3 is 6.09 Å². The largest absolute Gasteiger partial charge is 0.487 e. The zero-order valence-electron chi connectivity index (χ0n) is 19.6. The van der Waals surface area contributed by atoms with Gasteiger partial charge in [0.05, 0.1) is 40.9 Å². The molecule has 5 rings (SSSR count). The van der Waals surface area contributed by atoms with Crippen molar-refractivity contribution < 1.29 is 23.4 Å². The predicted molar refractivity (Wildman–Crippen MR) is 139 cm³/mol. The highest BCUT2D eigenvalue weighted by atomic mass is 35.5. The van der Waals surface area contributed by atoms with Crippen LogP contribution < -0.4 is 14.8 Å². The van der Waals surface area contributed by atoms with Crippen molar-refractivity contribution in [2.24, 2.45) is 0 Å². The van der Waals surface area contributed by atoms with Crippen molar-refractivity contribution in [3.05, 3.63) is 65.3 Å². The molecule has 1 N–H and O–H groups in total. The lowest BCUT2D eigenvalue weighted by molar-refractivity contribution is 0.136. The average Bonchev–Trinajstić information content (AvgIpc) is 3.33. The minimum absolute atomic E-state index is 0.0670. The fraction of sp³-hybridized carbons (Fsp3) is 0.160. The minimum Gasteiger partial charge on any atom is -0.487 e. The summed E-state index contributed by atoms with van der Waals surface area (Å²) >= 11 is 7.64. The molecule has 0 aliphatic rings. The molecule has 0 saturated heterocycles. The summed E-state index contributed by atoms with van der Waals surface area (Å²) in [7, 11) is 1.53. The maximum absolute atomic E-state index is 15.0. The molecule has 188 valence electrons. The second kappa shape index (κ2) is 10.5. The second-order valence-corrected chi connectivity index (χ2v) is 9.22. The van der Waals surface area contributed by atoms with Crippen LogP contribution in [0.3, 0.4) is 0 Å². The number of fused-ring (bicyclic) bond motifs is 2. The van der Waals surface area contributed by atoms with Crippen LogP contribution in [0.2, 0.25) is 5.02 Å². The van der Waals surface area contributed by atoms with E-state index in [4.69, 9.17) is 25.8 Å². The number of hydrogen-bond acceptors (Lipinski definition) is 9. The molecule has 12 heteroatoms. The quantitative estimate of drug-likeness (QED) is 0.249. The molecule has 0 bridgehead atoms. The topological polar surface area (TPSA) is 108 Å². The molecular formula is C25H19ClFN5O4S. The van der Waals surface area contributed by atoms with Crippen molar-refractivity contribution >= 4 is 56.0 Å². The van der Waals surface area contributed by atoms with E-state index in [1.54, 1.807) is 18.3 Å². The number of nitrogens with one attached hydrogen (secondary N) is 1. The molecule has 5 aromatic rings. The number of hydrogen-bond donors (Lipinski definition) is 1. The number of thiazole rings is 1. The summed E-state index contributed by atoms with van der Waals surface area (Å²) in [6.45, 7) is 1.76. The van der Waals surface area contributed by atoms with Crippen molar-refractivity contribution in [2.75, 3.05) is 25.6 Å². The van der Waals surface area contributed by atoms with E-state index < -0.39 is 11.9 Å². The van der Waals surface area contributed by atoms with Gasteiger partial charge in [-0.05, 0) is 36.8 Å². The van der Waals surface area contributed by atoms with Crippen molar-refractivity contribution in [1.82, 2.24) is 19.9 Å². The van der Waals surface area contributed by atoms with Crippen molar-refractivity contribution in [3.63, 3.8) is 0 Å². The number of rotatable bonds is 7. The minimum atomic E-state index is -0.746. The van der Waals surface area contributed by atoms with Crippen LogP contribution in [0.1, 0.15) is 5.56 Å². The molecule has 0 atom stereocenters. The molecule has 0 unspecified atom stereocenters. The van der Waals surface area contributed by atoms with Crippen molar-refractivity contribution in [2.45, 2.75) is 6.92 Å². The van der Waals surface area contributed by atoms with Crippen LogP contribution in [0.4, 0.5) is 14.9 Å². The highest BCUT2D eigenvalue weighted by Crippen LogP contribution is 2.40. The lowest BCUT2D eigenvalue weighted by Gasteiger charge is -2.10. The number of anilines is 1. The fourth-order valence-corrected chi connectivity index (χ4v) is 4.90. The van der Waals surface area contributed by atoms with Crippen LogP contribution in [-0.4, -0.2) is 46.4 Å². The number of amides is 1. The number of methoxy groups -OCH3 is 1. The van der Waals surface area contributed by atoms with Crippen LogP contribution in [0.5, 0.6) is 11.6 Å². The average molecular weight is 540 g/mol. The first kappa shape index (κ1) is 24.6. The first-order valence-corrected chi connectivity index (χ1v) is 12.2. The Labute approximate surface area is 219 Å². The van der Waals surface area contributed by atoms with Gasteiger partial charge in [-0.25, -0.2) is 24.1 Å². The zero-order chi connectivity index (χ0) is 25.9. The Morgan fingerprint density at radius 3 is 2.81 bits per heavy atom. The molecular weight excluding hydrogens is 521 g/mol. The van der Waals surface area contributed by atoms with Crippen LogP contribution in [0.15, 0.2) is 48.9 Å². The Hall–Kier alpha value is -4.09. The molecule has 0 aliphatic heterocycles. The van der Waals surface area contributed by atoms with Crippen LogP contribution in [-0.2, 0) is 4.74 Å². The summed E-state index contributed by atoms with van der Waals surface area (Å²) in [5, 5.41) is 2.98. The van der Waals surface area contributed by atoms with E-state index in [0.29, 0.717) is 37.8 Å². The van der Waals surface area contributed by atoms with Gasteiger partial charge in [-0.2, -0.15) is 0 Å². The van der Waals surface area contributed by atoms with Crippen molar-refractivity contribution in [3.8, 4) is 22.2 Å². The highest BCUT2D eigenvalue weighted by molar-refractivity contribution is 7.21. The van der Waals surface area contributed by atoms with Gasteiger partial charge in [0.2, 0.25) is 5.88 Å². The third-order valence-corrected chi connectivity index (χ3v) is 6.60. The fourth-order valence-electron chi connectivity index (χ4n) is 3.59. The highest BCUT2D eigenvalue weighted by Gasteiger charge is 2.20. The molecule has 0 saturated carbocycles. The number of halogens is 2. The Morgan fingerprint density at radius 1 is 1.16 bits per heavy atom. The normalized spacial score (nSPS) is 11.0. The van der Waals surface area contributed by atoms with Gasteiger partial charge in [-0.3, -0.25) is 10.3 Å². The van der Waals surface area contributed by atoms with E-state index in [-0.39, 0.29) is 24.0 Å². The van der Waals surface area contributed by atoms with Gasteiger partial charge in [0.15, 0.2) is 11.6 Å². The number of aryl methyl sites for hydroxylation is 1. The standard InChI is InChI=1S/C25H19ClFN5O4S/c1-13-8-15(22-16(9-13)31-19(34-2)12-29-22)24-32-23-18(37-24)10-17(21(27)20(23)26)35-6-7-36-25(33)30-14-4-3-5-28-11-14/h3-5,8-12H,6-7H2,1-2H3,(H,30,33). The number of pyridine rings is 1. The zero-order valence-corrected chi connectivity index (χ0v) is 21.2. The lowest BCUT2D eigenvalue weighted by Crippen LogP contribution is -2.17. The lowest BCUT2D eigenvalue weighted by atomic mass is 10.1. The van der Waals surface area contributed by atoms with Gasteiger partial charge in [0.1, 0.15) is 28.8 Å². The van der Waals surface area contributed by atoms with Crippen LogP contribution in [0.25, 0.3) is 31.8 Å². The van der Waals surface area contributed by atoms with Crippen LogP contribution >= 0.6 is 22.9 Å². The summed E-state index contributed by atoms with van der Waals surface area (Å²) in [4.78, 5) is 29.3. The molecule has 9 nitrogen and oxygen atoms in total. The summed E-state index contributed by atoms with van der Waals surface area (Å²) < 4.78 is 31.4. The Kier molecular flexibility index (Phi) is 6.97. The molecule has 0 fully saturated rings. The first-order chi connectivity index (χ1) is 17.9. The second-order valence-electron chi connectivity index (χ2n) is 7.81. The van der Waals surface area contributed by atoms with E-state index in [2.05, 4.69) is 25.3 Å². The summed E-state index contributed by atoms with van der Waals surface area (Å²) in [6, 6.07) is 8.72. The molecule has 3 heterocycles. The van der Waals surface area contributed by atoms with E-state index in [1.807, 2.05) is 19.1 Å². The molecule has 0 radical (unpaired) electrons. The summed E-state index contributed by atoms with van der Waals surface area (Å²) in [6.07, 6.45) is 3.92. The number of nitrogens with zero attached hydrogens (tertiary/aromatic N) is 4. The maximum Gasteiger partial charge on any atom is 0.411 e. The van der Waals surface area contributed by atoms with E-state index in [0.717, 1.165) is 11.1 Å². The number of aromatic nitrogens is 4. The predicted octanol–water partition coefficient (Wildman–Crippen LogP) is 6.04. The van der Waals surface area contributed by atoms with Gasteiger partial charge in [-0.15, -0.1) is 11.3 Å². The first-order valence-electron chi connectivity index (χ1n) is 11.0. The van der Waals surface area contributed by atoms with E-state index in [1.165, 1.54) is 36.9 Å². The molecule has 0 aliphatic carbocycles. The summed E-state index contributed by atoms with van der Waals surface area (Å²) in [5.74, 6) is -0.411. The SMILES string of the molecule is COc1cnc2c(-c3nc4c(Cl)c(F)c(OCCOC(=O)Nc5cccnc5)cc4s3)cc(C)cc2n1. The Morgan fingerprint density at radius 2 is 2.03 bits per heavy atom. The molecule has 1 amide bonds. The van der Waals surface area contributed by atoms with E-state index in [9.17, 15) is 9.18 Å². The number of carbonyl (C=O) groups excluding carboxylic acids is 1. The molecule has 2 aromatic carbocycles. The Balaban J connectivity index is 1.35. The van der Waals surface area contributed by atoms with Gasteiger partial charge in [-0.1, -0.05) is 11.6 Å². The number of carbonyl (C=O) groups is 1. The third-order valence-electron chi connectivity index (χ3n) is 5.22. The van der Waals surface area contributed by atoms with E-state index >= 15 is 0 Å². The molecule has 0 spiro atoms. The smallest absolute Gasteiger partial charge is 0.411 e. The Bertz CT molecular complexity index is 1620. The maximum atomic E-state index is 15.0. The van der Waals surface area contributed by atoms with Gasteiger partial charge < -0.3 is 14.2 Å². The summed E-state index contributed by atoms with van der Waals surface area (Å²) in [5.41, 5.74) is 3.80. The van der Waals surface area contributed by atoms with Gasteiger partial charge in [0.25, 0.3) is 0 Å². The number of ether oxygens (including phenoxy) is 3.